The van der Waals surface area contributed by atoms with Gasteiger partial charge in [-0.25, -0.2) is 0 Å². The highest BCUT2D eigenvalue weighted by molar-refractivity contribution is 7.01. The quantitative estimate of drug-likeness (QED) is 0.166. The molecule has 6 heteroatoms. The van der Waals surface area contributed by atoms with Crippen LogP contribution in [0.4, 0.5) is 34.3 Å². The van der Waals surface area contributed by atoms with Gasteiger partial charge in [-0.2, -0.15) is 0 Å². The third-order valence-corrected chi connectivity index (χ3v) is 13.7. The maximum Gasteiger partial charge on any atom is 0.257 e. The molecule has 63 heavy (non-hydrogen) atoms. The SMILES string of the molecule is Cc1cc(C(C)(C)C)cc(C)c1N1c2cc(C(C)(C)C)cc3c2B(c2cc4c(cc2N3c2ccc(C(C)(C)C)cc2-c2ccccc2)OCO4)c2c1oc1ccc(C(C)(C)C)cc21. The zero-order chi connectivity index (χ0) is 44.7. The molecule has 0 N–H and O–H groups in total. The van der Waals surface area contributed by atoms with Crippen LogP contribution < -0.4 is 35.7 Å². The Morgan fingerprint density at radius 3 is 1.67 bits per heavy atom. The van der Waals surface area contributed by atoms with Gasteiger partial charge in [-0.05, 0) is 128 Å². The van der Waals surface area contributed by atoms with E-state index in [4.69, 9.17) is 13.9 Å². The Labute approximate surface area is 375 Å². The lowest BCUT2D eigenvalue weighted by Crippen LogP contribution is -2.61. The van der Waals surface area contributed by atoms with E-state index < -0.39 is 0 Å². The second-order valence-electron chi connectivity index (χ2n) is 22.4. The molecule has 0 fully saturated rings. The minimum absolute atomic E-state index is 0.00447. The number of hydrogen-bond donors (Lipinski definition) is 0. The van der Waals surface area contributed by atoms with Gasteiger partial charge in [0.15, 0.2) is 11.5 Å². The van der Waals surface area contributed by atoms with Gasteiger partial charge in [-0.3, -0.25) is 4.90 Å². The van der Waals surface area contributed by atoms with Crippen LogP contribution in [0.3, 0.4) is 0 Å². The molecule has 3 aliphatic rings. The summed E-state index contributed by atoms with van der Waals surface area (Å²) in [5.41, 5.74) is 19.8. The van der Waals surface area contributed by atoms with Crippen LogP contribution in [0.2, 0.25) is 0 Å². The highest BCUT2D eigenvalue weighted by atomic mass is 16.7. The fourth-order valence-corrected chi connectivity index (χ4v) is 10.1. The van der Waals surface area contributed by atoms with Crippen LogP contribution in [0.25, 0.3) is 22.1 Å². The molecule has 0 unspecified atom stereocenters. The fourth-order valence-electron chi connectivity index (χ4n) is 10.1. The van der Waals surface area contributed by atoms with Crippen molar-refractivity contribution < 1.29 is 13.9 Å². The topological polar surface area (TPSA) is 38.1 Å². The predicted octanol–water partition coefficient (Wildman–Crippen LogP) is 13.7. The first-order valence-corrected chi connectivity index (χ1v) is 22.7. The van der Waals surface area contributed by atoms with E-state index in [0.29, 0.717) is 0 Å². The minimum Gasteiger partial charge on any atom is -0.454 e. The van der Waals surface area contributed by atoms with E-state index in [9.17, 15) is 0 Å². The van der Waals surface area contributed by atoms with Gasteiger partial charge in [-0.15, -0.1) is 0 Å². The van der Waals surface area contributed by atoms with Crippen LogP contribution in [0.15, 0.2) is 108 Å². The second kappa shape index (κ2) is 13.8. The van der Waals surface area contributed by atoms with Crippen molar-refractivity contribution >= 4 is 68.4 Å². The lowest BCUT2D eigenvalue weighted by atomic mass is 9.33. The first-order valence-electron chi connectivity index (χ1n) is 22.7. The summed E-state index contributed by atoms with van der Waals surface area (Å²) in [6, 6.07) is 39.0. The molecule has 0 aliphatic carbocycles. The van der Waals surface area contributed by atoms with Gasteiger partial charge in [-0.1, -0.05) is 138 Å². The Hall–Kier alpha value is -5.88. The summed E-state index contributed by atoms with van der Waals surface area (Å²) in [6.07, 6.45) is 0. The number of anilines is 6. The molecule has 0 saturated heterocycles. The number of rotatable bonds is 3. The third-order valence-electron chi connectivity index (χ3n) is 13.7. The number of nitrogens with zero attached hydrogens (tertiary/aromatic N) is 2. The van der Waals surface area contributed by atoms with Crippen LogP contribution in [0.1, 0.15) is 116 Å². The Balaban J connectivity index is 1.38. The standard InChI is InChI=1S/C57H61BN2O3/c1-33-24-38(56(9,10)11)25-34(2)52(33)60-46-29-39(57(12,13)14)28-45-51(46)58(50-41-27-37(55(6,7)8)21-23-47(41)63-53(50)60)42-30-48-49(62-32-61-48)31-44(42)59(45)43-22-20-36(54(3,4)5)26-40(43)35-18-16-15-17-19-35/h15-31H,32H2,1-14H3. The van der Waals surface area contributed by atoms with Crippen molar-refractivity contribution in [2.24, 2.45) is 0 Å². The van der Waals surface area contributed by atoms with Crippen molar-refractivity contribution in [1.29, 1.82) is 0 Å². The number of benzene rings is 6. The lowest BCUT2D eigenvalue weighted by molar-refractivity contribution is 0.174. The number of fused-ring (bicyclic) bond motifs is 7. The van der Waals surface area contributed by atoms with Gasteiger partial charge >= 0.3 is 0 Å². The molecule has 10 rings (SSSR count). The summed E-state index contributed by atoms with van der Waals surface area (Å²) in [5.74, 6) is 2.40. The fraction of sp³-hybridized carbons (Fsp3) is 0.333. The average molecular weight is 833 g/mol. The van der Waals surface area contributed by atoms with Gasteiger partial charge in [0.05, 0.1) is 11.4 Å². The molecule has 1 aromatic heterocycles. The zero-order valence-corrected chi connectivity index (χ0v) is 39.7. The summed E-state index contributed by atoms with van der Waals surface area (Å²) in [4.78, 5) is 5.01. The molecule has 0 atom stereocenters. The van der Waals surface area contributed by atoms with Crippen LogP contribution in [0, 0.1) is 13.8 Å². The van der Waals surface area contributed by atoms with Crippen molar-refractivity contribution in [3.05, 3.63) is 137 Å². The highest BCUT2D eigenvalue weighted by Gasteiger charge is 2.48. The summed E-state index contributed by atoms with van der Waals surface area (Å²) in [6.45, 7) is 32.2. The molecule has 6 aromatic carbocycles. The van der Waals surface area contributed by atoms with Gasteiger partial charge < -0.3 is 18.8 Å². The van der Waals surface area contributed by atoms with Crippen molar-refractivity contribution in [2.75, 3.05) is 16.6 Å². The monoisotopic (exact) mass is 832 g/mol. The van der Waals surface area contributed by atoms with Crippen LogP contribution in [-0.4, -0.2) is 13.5 Å². The van der Waals surface area contributed by atoms with Crippen molar-refractivity contribution in [3.63, 3.8) is 0 Å². The molecule has 7 aromatic rings. The molecule has 4 heterocycles. The number of aryl methyl sites for hydroxylation is 2. The Kier molecular flexibility index (Phi) is 9.02. The summed E-state index contributed by atoms with van der Waals surface area (Å²) < 4.78 is 19.8. The molecule has 0 saturated carbocycles. The average Bonchev–Trinajstić information content (AvgIpc) is 3.83. The molecule has 0 amide bonds. The number of hydrogen-bond acceptors (Lipinski definition) is 5. The molecular formula is C57H61BN2O3. The molecular weight excluding hydrogens is 771 g/mol. The van der Waals surface area contributed by atoms with Crippen LogP contribution in [0.5, 0.6) is 11.5 Å². The van der Waals surface area contributed by atoms with Crippen LogP contribution in [-0.2, 0) is 21.7 Å². The molecule has 0 radical (unpaired) electrons. The normalized spacial score (nSPS) is 14.6. The number of ether oxygens (including phenoxy) is 2. The smallest absolute Gasteiger partial charge is 0.257 e. The second-order valence-corrected chi connectivity index (χ2v) is 22.4. The van der Waals surface area contributed by atoms with Gasteiger partial charge in [0, 0.05) is 39.5 Å². The van der Waals surface area contributed by atoms with Crippen molar-refractivity contribution in [1.82, 2.24) is 0 Å². The maximum absolute atomic E-state index is 7.31. The highest BCUT2D eigenvalue weighted by Crippen LogP contribution is 2.52. The van der Waals surface area contributed by atoms with E-state index >= 15 is 0 Å². The molecule has 0 bridgehead atoms. The summed E-state index contributed by atoms with van der Waals surface area (Å²) in [7, 11) is 0. The lowest BCUT2D eigenvalue weighted by Gasteiger charge is -2.44. The first kappa shape index (κ1) is 41.2. The molecule has 3 aliphatic heterocycles. The Morgan fingerprint density at radius 1 is 0.492 bits per heavy atom. The first-order chi connectivity index (χ1) is 29.6. The summed E-state index contributed by atoms with van der Waals surface area (Å²) >= 11 is 0. The molecule has 5 nitrogen and oxygen atoms in total. The van der Waals surface area contributed by atoms with E-state index in [1.807, 2.05) is 0 Å². The van der Waals surface area contributed by atoms with E-state index in [1.165, 1.54) is 55.4 Å². The van der Waals surface area contributed by atoms with E-state index in [1.54, 1.807) is 0 Å². The third kappa shape index (κ3) is 6.58. The Bertz CT molecular complexity index is 2980. The van der Waals surface area contributed by atoms with E-state index in [-0.39, 0.29) is 35.2 Å². The van der Waals surface area contributed by atoms with Gasteiger partial charge in [0.2, 0.25) is 12.7 Å². The molecule has 320 valence electrons. The van der Waals surface area contributed by atoms with Crippen molar-refractivity contribution in [2.45, 2.75) is 119 Å². The van der Waals surface area contributed by atoms with Gasteiger partial charge in [0.25, 0.3) is 6.71 Å². The van der Waals surface area contributed by atoms with Crippen LogP contribution >= 0.6 is 0 Å². The zero-order valence-electron chi connectivity index (χ0n) is 39.7. The summed E-state index contributed by atoms with van der Waals surface area (Å²) in [5, 5.41) is 1.14. The largest absolute Gasteiger partial charge is 0.454 e. The predicted molar refractivity (Wildman–Crippen MR) is 266 cm³/mol. The van der Waals surface area contributed by atoms with Gasteiger partial charge in [0.1, 0.15) is 5.58 Å². The minimum atomic E-state index is -0.179. The van der Waals surface area contributed by atoms with E-state index in [0.717, 1.165) is 62.3 Å². The van der Waals surface area contributed by atoms with Crippen molar-refractivity contribution in [3.8, 4) is 22.6 Å². The molecule has 0 spiro atoms. The van der Waals surface area contributed by atoms with E-state index in [2.05, 4.69) is 210 Å². The Morgan fingerprint density at radius 2 is 1.05 bits per heavy atom. The number of furan rings is 1. The maximum atomic E-state index is 7.31.